The third kappa shape index (κ3) is 5.90. The smallest absolute Gasteiger partial charge is 0.336 e. The quantitative estimate of drug-likeness (QED) is 0.506. The highest BCUT2D eigenvalue weighted by atomic mass is 16.5. The summed E-state index contributed by atoms with van der Waals surface area (Å²) in [6.07, 6.45) is 0.806. The number of allylic oxidation sites excluding steroid dienone is 1. The number of carbonyl (C=O) groups excluding carboxylic acids is 3. The van der Waals surface area contributed by atoms with Gasteiger partial charge < -0.3 is 19.7 Å². The van der Waals surface area contributed by atoms with Gasteiger partial charge >= 0.3 is 5.97 Å². The molecule has 0 bridgehead atoms. The highest BCUT2D eigenvalue weighted by Crippen LogP contribution is 2.37. The molecule has 0 spiro atoms. The highest BCUT2D eigenvalue weighted by molar-refractivity contribution is 5.97. The van der Waals surface area contributed by atoms with E-state index in [4.69, 9.17) is 9.47 Å². The van der Waals surface area contributed by atoms with E-state index in [0.29, 0.717) is 30.8 Å². The summed E-state index contributed by atoms with van der Waals surface area (Å²) in [5, 5.41) is 2.77. The zero-order valence-electron chi connectivity index (χ0n) is 17.6. The molecule has 1 aliphatic heterocycles. The van der Waals surface area contributed by atoms with Gasteiger partial charge in [-0.15, -0.1) is 0 Å². The Hall–Kier alpha value is -2.67. The Bertz CT molecular complexity index is 770. The van der Waals surface area contributed by atoms with E-state index < -0.39 is 5.97 Å². The molecule has 2 amide bonds. The molecule has 1 aromatic rings. The second-order valence-electron chi connectivity index (χ2n) is 7.06. The number of hydrogen-bond donors (Lipinski definition) is 1. The summed E-state index contributed by atoms with van der Waals surface area (Å²) in [5.74, 6) is -1.30. The third-order valence-electron chi connectivity index (χ3n) is 4.95. The van der Waals surface area contributed by atoms with Crippen molar-refractivity contribution in [3.8, 4) is 0 Å². The maximum Gasteiger partial charge on any atom is 0.336 e. The molecule has 0 aromatic heterocycles. The van der Waals surface area contributed by atoms with Crippen LogP contribution >= 0.6 is 0 Å². The Morgan fingerprint density at radius 2 is 1.90 bits per heavy atom. The Balaban J connectivity index is 2.27. The van der Waals surface area contributed by atoms with Crippen LogP contribution in [0, 0.1) is 6.92 Å². The van der Waals surface area contributed by atoms with Crippen LogP contribution in [0.5, 0.6) is 0 Å². The van der Waals surface area contributed by atoms with Crippen molar-refractivity contribution in [3.05, 3.63) is 46.7 Å². The third-order valence-corrected chi connectivity index (χ3v) is 4.95. The Morgan fingerprint density at radius 1 is 1.21 bits per heavy atom. The molecule has 29 heavy (non-hydrogen) atoms. The van der Waals surface area contributed by atoms with Crippen molar-refractivity contribution in [3.63, 3.8) is 0 Å². The molecule has 1 N–H and O–H groups in total. The largest absolute Gasteiger partial charge is 0.463 e. The van der Waals surface area contributed by atoms with Gasteiger partial charge in [-0.2, -0.15) is 0 Å². The van der Waals surface area contributed by atoms with Crippen molar-refractivity contribution in [2.45, 2.75) is 39.5 Å². The summed E-state index contributed by atoms with van der Waals surface area (Å²) in [6.45, 7) is 6.55. The highest BCUT2D eigenvalue weighted by Gasteiger charge is 2.37. The maximum atomic E-state index is 12.8. The first-order valence-electron chi connectivity index (χ1n) is 9.89. The lowest BCUT2D eigenvalue weighted by Gasteiger charge is -2.34. The molecule has 0 radical (unpaired) electrons. The number of aryl methyl sites for hydroxylation is 1. The predicted octanol–water partition coefficient (Wildman–Crippen LogP) is 2.30. The molecule has 1 aliphatic rings. The van der Waals surface area contributed by atoms with Gasteiger partial charge in [-0.1, -0.05) is 29.8 Å². The SMILES string of the molecule is CCOC(=O)C1=C(C)N(CC(=O)NCCCOC)C(=O)CC1c1ccc(C)cc1. The van der Waals surface area contributed by atoms with Crippen LogP contribution in [0.2, 0.25) is 0 Å². The van der Waals surface area contributed by atoms with Gasteiger partial charge in [0, 0.05) is 38.3 Å². The second-order valence-corrected chi connectivity index (χ2v) is 7.06. The van der Waals surface area contributed by atoms with Gasteiger partial charge in [0.15, 0.2) is 0 Å². The van der Waals surface area contributed by atoms with Crippen molar-refractivity contribution in [2.75, 3.05) is 33.4 Å². The number of carbonyl (C=O) groups is 3. The van der Waals surface area contributed by atoms with E-state index in [0.717, 1.165) is 11.1 Å². The number of esters is 1. The van der Waals surface area contributed by atoms with Crippen LogP contribution in [0.25, 0.3) is 0 Å². The maximum absolute atomic E-state index is 12.8. The summed E-state index contributed by atoms with van der Waals surface area (Å²) < 4.78 is 10.2. The van der Waals surface area contributed by atoms with Crippen molar-refractivity contribution in [1.82, 2.24) is 10.2 Å². The van der Waals surface area contributed by atoms with E-state index in [1.807, 2.05) is 31.2 Å². The van der Waals surface area contributed by atoms with Crippen molar-refractivity contribution in [2.24, 2.45) is 0 Å². The molecule has 2 rings (SSSR count). The van der Waals surface area contributed by atoms with Crippen molar-refractivity contribution < 1.29 is 23.9 Å². The van der Waals surface area contributed by atoms with Gasteiger partial charge in [0.25, 0.3) is 0 Å². The average molecular weight is 402 g/mol. The molecule has 1 atom stereocenters. The van der Waals surface area contributed by atoms with Gasteiger partial charge in [-0.25, -0.2) is 4.79 Å². The monoisotopic (exact) mass is 402 g/mol. The van der Waals surface area contributed by atoms with E-state index in [-0.39, 0.29) is 37.3 Å². The number of rotatable bonds is 9. The zero-order chi connectivity index (χ0) is 21.4. The number of ether oxygens (including phenoxy) is 2. The fourth-order valence-corrected chi connectivity index (χ4v) is 3.40. The molecule has 1 unspecified atom stereocenters. The zero-order valence-corrected chi connectivity index (χ0v) is 17.6. The van der Waals surface area contributed by atoms with Crippen LogP contribution in [0.15, 0.2) is 35.5 Å². The number of methoxy groups -OCH3 is 1. The standard InChI is InChI=1S/C22H30N2O5/c1-5-29-22(27)21-16(3)24(14-19(25)23-11-6-12-28-4)20(26)13-18(21)17-9-7-15(2)8-10-17/h7-10,18H,5-6,11-14H2,1-4H3,(H,23,25). The number of amides is 2. The lowest BCUT2D eigenvalue weighted by Crippen LogP contribution is -2.44. The summed E-state index contributed by atoms with van der Waals surface area (Å²) in [7, 11) is 1.60. The number of benzene rings is 1. The molecule has 7 heteroatoms. The minimum absolute atomic E-state index is 0.117. The first-order chi connectivity index (χ1) is 13.9. The molecule has 158 valence electrons. The van der Waals surface area contributed by atoms with Crippen molar-refractivity contribution in [1.29, 1.82) is 0 Å². The first kappa shape index (κ1) is 22.6. The molecule has 0 aliphatic carbocycles. The van der Waals surface area contributed by atoms with Crippen LogP contribution in [0.3, 0.4) is 0 Å². The van der Waals surface area contributed by atoms with E-state index >= 15 is 0 Å². The normalized spacial score (nSPS) is 16.8. The lowest BCUT2D eigenvalue weighted by atomic mass is 9.83. The molecule has 0 fully saturated rings. The van der Waals surface area contributed by atoms with Gasteiger partial charge in [0.05, 0.1) is 12.2 Å². The molecule has 0 saturated carbocycles. The van der Waals surface area contributed by atoms with Gasteiger partial charge in [-0.05, 0) is 32.8 Å². The molecular formula is C22H30N2O5. The molecule has 0 saturated heterocycles. The van der Waals surface area contributed by atoms with Gasteiger partial charge in [-0.3, -0.25) is 9.59 Å². The van der Waals surface area contributed by atoms with E-state index in [2.05, 4.69) is 5.32 Å². The summed E-state index contributed by atoms with van der Waals surface area (Å²) in [6, 6.07) is 7.77. The fraction of sp³-hybridized carbons (Fsp3) is 0.500. The Kier molecular flexibility index (Phi) is 8.39. The van der Waals surface area contributed by atoms with Crippen molar-refractivity contribution >= 4 is 17.8 Å². The van der Waals surface area contributed by atoms with Crippen LogP contribution in [-0.2, 0) is 23.9 Å². The van der Waals surface area contributed by atoms with Crippen LogP contribution in [0.4, 0.5) is 0 Å². The topological polar surface area (TPSA) is 84.9 Å². The second kappa shape index (κ2) is 10.8. The van der Waals surface area contributed by atoms with Gasteiger partial charge in [0.2, 0.25) is 11.8 Å². The minimum Gasteiger partial charge on any atom is -0.463 e. The summed E-state index contributed by atoms with van der Waals surface area (Å²) >= 11 is 0. The molecular weight excluding hydrogens is 372 g/mol. The molecule has 1 heterocycles. The summed E-state index contributed by atoms with van der Waals surface area (Å²) in [4.78, 5) is 39.2. The summed E-state index contributed by atoms with van der Waals surface area (Å²) in [5.41, 5.74) is 2.89. The average Bonchev–Trinajstić information content (AvgIpc) is 2.69. The van der Waals surface area contributed by atoms with E-state index in [9.17, 15) is 14.4 Å². The van der Waals surface area contributed by atoms with Crippen LogP contribution in [0.1, 0.15) is 43.7 Å². The minimum atomic E-state index is -0.450. The number of nitrogens with one attached hydrogen (secondary N) is 1. The Labute approximate surface area is 172 Å². The van der Waals surface area contributed by atoms with E-state index in [1.54, 1.807) is 21.0 Å². The fourth-order valence-electron chi connectivity index (χ4n) is 3.40. The van der Waals surface area contributed by atoms with Crippen LogP contribution in [-0.4, -0.2) is 56.1 Å². The lowest BCUT2D eigenvalue weighted by molar-refractivity contribution is -0.141. The molecule has 1 aromatic carbocycles. The number of hydrogen-bond acceptors (Lipinski definition) is 5. The number of nitrogens with zero attached hydrogens (tertiary/aromatic N) is 1. The molecule has 7 nitrogen and oxygen atoms in total. The first-order valence-corrected chi connectivity index (χ1v) is 9.89. The van der Waals surface area contributed by atoms with Gasteiger partial charge in [0.1, 0.15) is 6.54 Å². The predicted molar refractivity (Wildman–Crippen MR) is 109 cm³/mol. The Morgan fingerprint density at radius 3 is 2.52 bits per heavy atom. The van der Waals surface area contributed by atoms with Crippen LogP contribution < -0.4 is 5.32 Å². The van der Waals surface area contributed by atoms with E-state index in [1.165, 1.54) is 4.90 Å².